The average Bonchev–Trinajstić information content (AvgIpc) is 3.04. The van der Waals surface area contributed by atoms with Gasteiger partial charge in [-0.15, -0.1) is 0 Å². The first-order valence-electron chi connectivity index (χ1n) is 9.34. The lowest BCUT2D eigenvalue weighted by molar-refractivity contribution is 0.248. The third-order valence-corrected chi connectivity index (χ3v) is 4.57. The molecule has 1 aromatic carbocycles. The minimum absolute atomic E-state index is 0.0170. The Balaban J connectivity index is 2.07. The Hall–Kier alpha value is -2.67. The van der Waals surface area contributed by atoms with Gasteiger partial charge in [0.1, 0.15) is 0 Å². The molecular formula is C20H28N6O. The first-order valence-corrected chi connectivity index (χ1v) is 9.34. The van der Waals surface area contributed by atoms with Crippen LogP contribution in [0.2, 0.25) is 0 Å². The maximum atomic E-state index is 9.66. The zero-order valence-electron chi connectivity index (χ0n) is 16.6. The van der Waals surface area contributed by atoms with Crippen molar-refractivity contribution in [2.45, 2.75) is 46.7 Å². The molecule has 0 aliphatic rings. The van der Waals surface area contributed by atoms with Gasteiger partial charge < -0.3 is 20.3 Å². The molecule has 0 radical (unpaired) electrons. The minimum Gasteiger partial charge on any atom is -0.394 e. The summed E-state index contributed by atoms with van der Waals surface area (Å²) in [5, 5.41) is 16.3. The standard InChI is InChI=1S/C20H28N6O/c1-12(2)16(10-27)23-20-24-18(22-15-8-6-7-14(5)9-15)17-19(25-20)26(11-21-17)13(3)4/h6-9,11-13,16,27H,10H2,1-5H3,(H2,22,23,24,25). The first kappa shape index (κ1) is 19.1. The van der Waals surface area contributed by atoms with E-state index in [1.807, 2.05) is 16.7 Å². The Bertz CT molecular complexity index is 918. The van der Waals surface area contributed by atoms with Crippen LogP contribution in [-0.2, 0) is 0 Å². The number of rotatable bonds is 7. The highest BCUT2D eigenvalue weighted by Crippen LogP contribution is 2.26. The van der Waals surface area contributed by atoms with Crippen LogP contribution in [0.5, 0.6) is 0 Å². The van der Waals surface area contributed by atoms with Crippen LogP contribution in [0.1, 0.15) is 39.3 Å². The van der Waals surface area contributed by atoms with Crippen molar-refractivity contribution in [3.05, 3.63) is 36.2 Å². The molecular weight excluding hydrogens is 340 g/mol. The monoisotopic (exact) mass is 368 g/mol. The molecule has 0 saturated carbocycles. The van der Waals surface area contributed by atoms with Crippen molar-refractivity contribution in [1.29, 1.82) is 0 Å². The summed E-state index contributed by atoms with van der Waals surface area (Å²) in [5.74, 6) is 1.37. The predicted octanol–water partition coefficient (Wildman–Crippen LogP) is 3.89. The highest BCUT2D eigenvalue weighted by molar-refractivity contribution is 5.86. The highest BCUT2D eigenvalue weighted by atomic mass is 16.3. The first-order chi connectivity index (χ1) is 12.9. The summed E-state index contributed by atoms with van der Waals surface area (Å²) in [5.41, 5.74) is 3.60. The quantitative estimate of drug-likeness (QED) is 0.586. The van der Waals surface area contributed by atoms with Gasteiger partial charge in [0.15, 0.2) is 17.0 Å². The number of aromatic nitrogens is 4. The predicted molar refractivity (Wildman–Crippen MR) is 110 cm³/mol. The van der Waals surface area contributed by atoms with Gasteiger partial charge in [0.25, 0.3) is 0 Å². The van der Waals surface area contributed by atoms with Crippen molar-refractivity contribution in [2.24, 2.45) is 5.92 Å². The number of nitrogens with one attached hydrogen (secondary N) is 2. The Labute approximate surface area is 159 Å². The lowest BCUT2D eigenvalue weighted by Gasteiger charge is -2.20. The molecule has 27 heavy (non-hydrogen) atoms. The van der Waals surface area contributed by atoms with Crippen molar-refractivity contribution in [3.8, 4) is 0 Å². The lowest BCUT2D eigenvalue weighted by atomic mass is 10.1. The normalized spacial score (nSPS) is 12.7. The Morgan fingerprint density at radius 3 is 2.56 bits per heavy atom. The SMILES string of the molecule is Cc1cccc(Nc2nc(NC(CO)C(C)C)nc3c2ncn3C(C)C)c1. The Kier molecular flexibility index (Phi) is 5.60. The van der Waals surface area contributed by atoms with E-state index in [4.69, 9.17) is 0 Å². The Morgan fingerprint density at radius 1 is 1.15 bits per heavy atom. The van der Waals surface area contributed by atoms with Gasteiger partial charge in [-0.2, -0.15) is 9.97 Å². The van der Waals surface area contributed by atoms with Gasteiger partial charge in [-0.1, -0.05) is 26.0 Å². The second-order valence-corrected chi connectivity index (χ2v) is 7.49. The number of aliphatic hydroxyl groups excluding tert-OH is 1. The summed E-state index contributed by atoms with van der Waals surface area (Å²) < 4.78 is 2.02. The van der Waals surface area contributed by atoms with Crippen LogP contribution in [0, 0.1) is 12.8 Å². The van der Waals surface area contributed by atoms with Crippen LogP contribution in [0.4, 0.5) is 17.5 Å². The van der Waals surface area contributed by atoms with Gasteiger partial charge in [-0.25, -0.2) is 4.98 Å². The van der Waals surface area contributed by atoms with Gasteiger partial charge in [-0.05, 0) is 44.4 Å². The summed E-state index contributed by atoms with van der Waals surface area (Å²) in [4.78, 5) is 13.9. The van der Waals surface area contributed by atoms with Crippen LogP contribution in [0.25, 0.3) is 11.2 Å². The van der Waals surface area contributed by atoms with Crippen molar-refractivity contribution < 1.29 is 5.11 Å². The van der Waals surface area contributed by atoms with Crippen LogP contribution in [0.3, 0.4) is 0 Å². The number of hydrogen-bond donors (Lipinski definition) is 3. The molecule has 144 valence electrons. The molecule has 0 aliphatic heterocycles. The smallest absolute Gasteiger partial charge is 0.227 e. The number of anilines is 3. The van der Waals surface area contributed by atoms with Crippen molar-refractivity contribution in [3.63, 3.8) is 0 Å². The molecule has 1 atom stereocenters. The van der Waals surface area contributed by atoms with Crippen molar-refractivity contribution in [2.75, 3.05) is 17.2 Å². The molecule has 0 aliphatic carbocycles. The number of imidazole rings is 1. The maximum absolute atomic E-state index is 9.66. The summed E-state index contributed by atoms with van der Waals surface area (Å²) >= 11 is 0. The summed E-state index contributed by atoms with van der Waals surface area (Å²) in [7, 11) is 0. The number of hydrogen-bond acceptors (Lipinski definition) is 6. The number of benzene rings is 1. The number of aryl methyl sites for hydroxylation is 1. The number of aliphatic hydroxyl groups is 1. The fourth-order valence-corrected chi connectivity index (χ4v) is 2.89. The number of nitrogens with zero attached hydrogens (tertiary/aromatic N) is 4. The topological polar surface area (TPSA) is 87.9 Å². The molecule has 3 N–H and O–H groups in total. The molecule has 2 heterocycles. The van der Waals surface area contributed by atoms with Crippen LogP contribution in [-0.4, -0.2) is 37.3 Å². The van der Waals surface area contributed by atoms with E-state index in [2.05, 4.69) is 72.3 Å². The molecule has 1 unspecified atom stereocenters. The van der Waals surface area contributed by atoms with Crippen molar-refractivity contribution in [1.82, 2.24) is 19.5 Å². The third-order valence-electron chi connectivity index (χ3n) is 4.57. The molecule has 7 nitrogen and oxygen atoms in total. The van der Waals surface area contributed by atoms with Gasteiger partial charge in [-0.3, -0.25) is 0 Å². The van der Waals surface area contributed by atoms with E-state index in [1.54, 1.807) is 6.33 Å². The zero-order chi connectivity index (χ0) is 19.6. The molecule has 0 spiro atoms. The van der Waals surface area contributed by atoms with Crippen LogP contribution in [0.15, 0.2) is 30.6 Å². The number of fused-ring (bicyclic) bond motifs is 1. The van der Waals surface area contributed by atoms with Crippen LogP contribution >= 0.6 is 0 Å². The molecule has 3 rings (SSSR count). The molecule has 7 heteroatoms. The van der Waals surface area contributed by atoms with E-state index >= 15 is 0 Å². The molecule has 0 fully saturated rings. The second-order valence-electron chi connectivity index (χ2n) is 7.49. The van der Waals surface area contributed by atoms with E-state index in [9.17, 15) is 5.11 Å². The van der Waals surface area contributed by atoms with E-state index < -0.39 is 0 Å². The molecule has 0 bridgehead atoms. The largest absolute Gasteiger partial charge is 0.394 e. The van der Waals surface area contributed by atoms with Gasteiger partial charge in [0, 0.05) is 11.7 Å². The lowest BCUT2D eigenvalue weighted by Crippen LogP contribution is -2.30. The molecule has 2 aromatic heterocycles. The fraction of sp³-hybridized carbons (Fsp3) is 0.450. The average molecular weight is 368 g/mol. The maximum Gasteiger partial charge on any atom is 0.227 e. The van der Waals surface area contributed by atoms with E-state index in [-0.39, 0.29) is 24.6 Å². The summed E-state index contributed by atoms with van der Waals surface area (Å²) in [6.45, 7) is 10.4. The van der Waals surface area contributed by atoms with Gasteiger partial charge in [0.2, 0.25) is 5.95 Å². The zero-order valence-corrected chi connectivity index (χ0v) is 16.6. The summed E-state index contributed by atoms with van der Waals surface area (Å²) in [6.07, 6.45) is 1.79. The molecule has 3 aromatic rings. The Morgan fingerprint density at radius 2 is 1.93 bits per heavy atom. The highest BCUT2D eigenvalue weighted by Gasteiger charge is 2.18. The van der Waals surface area contributed by atoms with Crippen molar-refractivity contribution >= 4 is 28.6 Å². The minimum atomic E-state index is -0.121. The summed E-state index contributed by atoms with van der Waals surface area (Å²) in [6, 6.07) is 8.22. The van der Waals surface area contributed by atoms with E-state index in [1.165, 1.54) is 0 Å². The second kappa shape index (κ2) is 7.92. The van der Waals surface area contributed by atoms with Gasteiger partial charge >= 0.3 is 0 Å². The van der Waals surface area contributed by atoms with E-state index in [0.29, 0.717) is 11.8 Å². The van der Waals surface area contributed by atoms with Crippen LogP contribution < -0.4 is 10.6 Å². The fourth-order valence-electron chi connectivity index (χ4n) is 2.89. The molecule has 0 saturated heterocycles. The van der Waals surface area contributed by atoms with Gasteiger partial charge in [0.05, 0.1) is 19.0 Å². The van der Waals surface area contributed by atoms with E-state index in [0.717, 1.165) is 22.4 Å². The molecule has 0 amide bonds. The third kappa shape index (κ3) is 4.19.